The van der Waals surface area contributed by atoms with E-state index < -0.39 is 5.82 Å². The Balaban J connectivity index is 3.24. The molecule has 0 spiro atoms. The lowest BCUT2D eigenvalue weighted by molar-refractivity contribution is 0.376. The van der Waals surface area contributed by atoms with Crippen LogP contribution in [0.15, 0.2) is 17.0 Å². The van der Waals surface area contributed by atoms with E-state index in [1.54, 1.807) is 6.07 Å². The fourth-order valence-electron chi connectivity index (χ4n) is 0.886. The highest BCUT2D eigenvalue weighted by molar-refractivity contribution is 7.98. The summed E-state index contributed by atoms with van der Waals surface area (Å²) in [6.45, 7) is 0. The van der Waals surface area contributed by atoms with Crippen molar-refractivity contribution >= 4 is 23.4 Å². The lowest BCUT2D eigenvalue weighted by atomic mass is 10.3. The smallest absolute Gasteiger partial charge is 0.168 e. The van der Waals surface area contributed by atoms with Crippen molar-refractivity contribution in [3.8, 4) is 5.75 Å². The Bertz CT molecular complexity index is 291. The standard InChI is InChI=1S/C8H8ClFOS/c1-11-8-6(10)3-5(9)4-7(8)12-2/h3-4H,1-2H3. The number of rotatable bonds is 2. The highest BCUT2D eigenvalue weighted by Crippen LogP contribution is 2.32. The van der Waals surface area contributed by atoms with Gasteiger partial charge in [-0.15, -0.1) is 11.8 Å². The lowest BCUT2D eigenvalue weighted by Gasteiger charge is -2.06. The van der Waals surface area contributed by atoms with E-state index in [-0.39, 0.29) is 5.75 Å². The molecule has 0 saturated heterocycles. The zero-order valence-corrected chi connectivity index (χ0v) is 8.30. The number of hydrogen-bond acceptors (Lipinski definition) is 2. The Morgan fingerprint density at radius 1 is 1.50 bits per heavy atom. The first-order valence-corrected chi connectivity index (χ1v) is 4.86. The largest absolute Gasteiger partial charge is 0.492 e. The molecule has 0 saturated carbocycles. The summed E-state index contributed by atoms with van der Waals surface area (Å²) in [4.78, 5) is 0.711. The van der Waals surface area contributed by atoms with E-state index in [2.05, 4.69) is 0 Å². The van der Waals surface area contributed by atoms with Crippen LogP contribution in [0.3, 0.4) is 0 Å². The topological polar surface area (TPSA) is 9.23 Å². The summed E-state index contributed by atoms with van der Waals surface area (Å²) in [6.07, 6.45) is 1.84. The van der Waals surface area contributed by atoms with E-state index in [0.29, 0.717) is 9.92 Å². The fraction of sp³-hybridized carbons (Fsp3) is 0.250. The van der Waals surface area contributed by atoms with Crippen LogP contribution in [0.25, 0.3) is 0 Å². The van der Waals surface area contributed by atoms with E-state index in [0.717, 1.165) is 0 Å². The molecule has 0 aliphatic heterocycles. The van der Waals surface area contributed by atoms with E-state index in [1.165, 1.54) is 24.9 Å². The maximum atomic E-state index is 13.1. The fourth-order valence-corrected chi connectivity index (χ4v) is 1.77. The third kappa shape index (κ3) is 1.84. The van der Waals surface area contributed by atoms with Crippen LogP contribution >= 0.6 is 23.4 Å². The van der Waals surface area contributed by atoms with E-state index in [9.17, 15) is 4.39 Å². The van der Waals surface area contributed by atoms with Crippen LogP contribution in [0.1, 0.15) is 0 Å². The summed E-state index contributed by atoms with van der Waals surface area (Å²) < 4.78 is 17.9. The molecule has 1 aromatic rings. The monoisotopic (exact) mass is 206 g/mol. The molecule has 0 bridgehead atoms. The van der Waals surface area contributed by atoms with Gasteiger partial charge in [0.25, 0.3) is 0 Å². The van der Waals surface area contributed by atoms with Gasteiger partial charge in [0, 0.05) is 5.02 Å². The maximum absolute atomic E-state index is 13.1. The van der Waals surface area contributed by atoms with E-state index in [4.69, 9.17) is 16.3 Å². The molecule has 0 aliphatic carbocycles. The number of benzene rings is 1. The Morgan fingerprint density at radius 3 is 2.67 bits per heavy atom. The first kappa shape index (κ1) is 9.68. The van der Waals surface area contributed by atoms with Gasteiger partial charge in [0.15, 0.2) is 11.6 Å². The second-order valence-electron chi connectivity index (χ2n) is 2.12. The average Bonchev–Trinajstić information content (AvgIpc) is 2.03. The molecule has 12 heavy (non-hydrogen) atoms. The normalized spacial score (nSPS) is 10.0. The molecule has 0 atom stereocenters. The van der Waals surface area contributed by atoms with Gasteiger partial charge in [-0.25, -0.2) is 4.39 Å². The summed E-state index contributed by atoms with van der Waals surface area (Å²) in [7, 11) is 1.44. The van der Waals surface area contributed by atoms with Crippen LogP contribution in [0.5, 0.6) is 5.75 Å². The molecule has 0 aliphatic rings. The molecule has 0 amide bonds. The number of ether oxygens (including phenoxy) is 1. The molecule has 1 aromatic carbocycles. The molecular formula is C8H8ClFOS. The maximum Gasteiger partial charge on any atom is 0.168 e. The minimum Gasteiger partial charge on any atom is -0.492 e. The van der Waals surface area contributed by atoms with Crippen LogP contribution in [0.2, 0.25) is 5.02 Å². The number of halogens is 2. The van der Waals surface area contributed by atoms with Gasteiger partial charge >= 0.3 is 0 Å². The van der Waals surface area contributed by atoms with Crippen LogP contribution < -0.4 is 4.74 Å². The molecule has 0 fully saturated rings. The predicted octanol–water partition coefficient (Wildman–Crippen LogP) is 3.21. The third-order valence-corrected chi connectivity index (χ3v) is 2.36. The average molecular weight is 207 g/mol. The third-order valence-electron chi connectivity index (χ3n) is 1.40. The van der Waals surface area contributed by atoms with Crippen molar-refractivity contribution in [3.05, 3.63) is 23.0 Å². The molecule has 66 valence electrons. The summed E-state index contributed by atoms with van der Waals surface area (Å²) in [5.74, 6) is -0.166. The van der Waals surface area contributed by atoms with Gasteiger partial charge in [-0.1, -0.05) is 11.6 Å². The second kappa shape index (κ2) is 4.01. The molecule has 4 heteroatoms. The minimum absolute atomic E-state index is 0.256. The Morgan fingerprint density at radius 2 is 2.17 bits per heavy atom. The zero-order chi connectivity index (χ0) is 9.14. The SMILES string of the molecule is COc1c(F)cc(Cl)cc1SC. The van der Waals surface area contributed by atoms with E-state index >= 15 is 0 Å². The van der Waals surface area contributed by atoms with Gasteiger partial charge < -0.3 is 4.74 Å². The van der Waals surface area contributed by atoms with Crippen LogP contribution in [-0.2, 0) is 0 Å². The van der Waals surface area contributed by atoms with Crippen molar-refractivity contribution in [1.29, 1.82) is 0 Å². The Kier molecular flexibility index (Phi) is 3.23. The highest BCUT2D eigenvalue weighted by Gasteiger charge is 2.09. The zero-order valence-electron chi connectivity index (χ0n) is 6.73. The van der Waals surface area contributed by atoms with Gasteiger partial charge in [0.05, 0.1) is 12.0 Å². The van der Waals surface area contributed by atoms with Crippen molar-refractivity contribution < 1.29 is 9.13 Å². The highest BCUT2D eigenvalue weighted by atomic mass is 35.5. The predicted molar refractivity (Wildman–Crippen MR) is 49.7 cm³/mol. The van der Waals surface area contributed by atoms with Crippen molar-refractivity contribution in [3.63, 3.8) is 0 Å². The number of thioether (sulfide) groups is 1. The van der Waals surface area contributed by atoms with Crippen molar-refractivity contribution in [2.24, 2.45) is 0 Å². The van der Waals surface area contributed by atoms with Crippen LogP contribution in [0, 0.1) is 5.82 Å². The minimum atomic E-state index is -0.422. The molecule has 0 unspecified atom stereocenters. The summed E-state index contributed by atoms with van der Waals surface area (Å²) in [5, 5.41) is 0.387. The Hall–Kier alpha value is -0.410. The summed E-state index contributed by atoms with van der Waals surface area (Å²) in [6, 6.07) is 2.91. The van der Waals surface area contributed by atoms with Gasteiger partial charge in [-0.2, -0.15) is 0 Å². The number of hydrogen-bond donors (Lipinski definition) is 0. The molecular weight excluding hydrogens is 199 g/mol. The molecule has 0 radical (unpaired) electrons. The van der Waals surface area contributed by atoms with E-state index in [1.807, 2.05) is 6.26 Å². The van der Waals surface area contributed by atoms with Crippen LogP contribution in [-0.4, -0.2) is 13.4 Å². The molecule has 0 N–H and O–H groups in total. The first-order valence-electron chi connectivity index (χ1n) is 3.26. The molecule has 1 rings (SSSR count). The summed E-state index contributed by atoms with van der Waals surface area (Å²) in [5.41, 5.74) is 0. The van der Waals surface area contributed by atoms with Gasteiger partial charge in [-0.3, -0.25) is 0 Å². The Labute approximate surface area is 79.9 Å². The quantitative estimate of drug-likeness (QED) is 0.688. The van der Waals surface area contributed by atoms with Crippen molar-refractivity contribution in [2.75, 3.05) is 13.4 Å². The van der Waals surface area contributed by atoms with Crippen molar-refractivity contribution in [1.82, 2.24) is 0 Å². The van der Waals surface area contributed by atoms with Gasteiger partial charge in [0.2, 0.25) is 0 Å². The van der Waals surface area contributed by atoms with Crippen molar-refractivity contribution in [2.45, 2.75) is 4.90 Å². The number of methoxy groups -OCH3 is 1. The van der Waals surface area contributed by atoms with Gasteiger partial charge in [0.1, 0.15) is 0 Å². The first-order chi connectivity index (χ1) is 5.69. The summed E-state index contributed by atoms with van der Waals surface area (Å²) >= 11 is 7.05. The van der Waals surface area contributed by atoms with Crippen LogP contribution in [0.4, 0.5) is 4.39 Å². The molecule has 0 aromatic heterocycles. The second-order valence-corrected chi connectivity index (χ2v) is 3.41. The lowest BCUT2D eigenvalue weighted by Crippen LogP contribution is -1.90. The molecule has 0 heterocycles. The van der Waals surface area contributed by atoms with Gasteiger partial charge in [-0.05, 0) is 18.4 Å². The molecule has 1 nitrogen and oxygen atoms in total.